The van der Waals surface area contributed by atoms with Crippen LogP contribution in [-0.4, -0.2) is 70.2 Å². The van der Waals surface area contributed by atoms with Gasteiger partial charge >= 0.3 is 5.97 Å². The highest BCUT2D eigenvalue weighted by molar-refractivity contribution is 6.12. The topological polar surface area (TPSA) is 138 Å². The van der Waals surface area contributed by atoms with Crippen molar-refractivity contribution in [3.8, 4) is 29.1 Å². The van der Waals surface area contributed by atoms with E-state index in [4.69, 9.17) is 14.2 Å². The minimum absolute atomic E-state index is 0.0316. The molecule has 2 amide bonds. The molecular weight excluding hydrogens is 807 g/mol. The summed E-state index contributed by atoms with van der Waals surface area (Å²) in [6.07, 6.45) is 4.72. The van der Waals surface area contributed by atoms with Gasteiger partial charge in [0.15, 0.2) is 11.5 Å². The highest BCUT2D eigenvalue weighted by atomic mass is 16.6. The highest BCUT2D eigenvalue weighted by Gasteiger charge is 2.74. The molecule has 5 aliphatic rings. The van der Waals surface area contributed by atoms with E-state index in [-0.39, 0.29) is 18.2 Å². The van der Waals surface area contributed by atoms with Crippen molar-refractivity contribution in [3.63, 3.8) is 0 Å². The van der Waals surface area contributed by atoms with Crippen molar-refractivity contribution in [1.29, 1.82) is 0 Å². The van der Waals surface area contributed by atoms with Crippen molar-refractivity contribution in [2.45, 2.75) is 86.7 Å². The summed E-state index contributed by atoms with van der Waals surface area (Å²) in [4.78, 5) is 50.9. The number of nitrogens with one attached hydrogen (secondary N) is 1. The van der Waals surface area contributed by atoms with Gasteiger partial charge in [-0.05, 0) is 108 Å². The van der Waals surface area contributed by atoms with E-state index < -0.39 is 53.0 Å². The van der Waals surface area contributed by atoms with E-state index in [9.17, 15) is 10.2 Å². The van der Waals surface area contributed by atoms with Crippen LogP contribution in [0, 0.1) is 17.8 Å². The molecule has 5 aromatic rings. The number of fused-ring (bicyclic) bond motifs is 4. The molecule has 1 saturated carbocycles. The molecule has 4 aliphatic heterocycles. The number of aromatic hydroxyl groups is 1. The summed E-state index contributed by atoms with van der Waals surface area (Å²) in [7, 11) is 3.16. The summed E-state index contributed by atoms with van der Waals surface area (Å²) < 4.78 is 17.9. The summed E-state index contributed by atoms with van der Waals surface area (Å²) in [6, 6.07) is 32.6. The number of anilines is 1. The van der Waals surface area contributed by atoms with E-state index in [1.54, 1.807) is 43.4 Å². The van der Waals surface area contributed by atoms with E-state index in [0.717, 1.165) is 47.9 Å². The van der Waals surface area contributed by atoms with Crippen LogP contribution in [0.5, 0.6) is 17.2 Å². The van der Waals surface area contributed by atoms with Gasteiger partial charge in [-0.15, -0.1) is 0 Å². The van der Waals surface area contributed by atoms with E-state index in [2.05, 4.69) is 22.1 Å². The molecule has 10 rings (SSSR count). The maximum atomic E-state index is 16.1. The fraction of sp³-hybridized carbons (Fsp3) is 0.340. The Morgan fingerprint density at radius 2 is 1.44 bits per heavy atom. The summed E-state index contributed by atoms with van der Waals surface area (Å²) in [5.74, 6) is 4.93. The zero-order valence-corrected chi connectivity index (χ0v) is 36.0. The summed E-state index contributed by atoms with van der Waals surface area (Å²) in [6.45, 7) is 0.535. The van der Waals surface area contributed by atoms with Gasteiger partial charge in [-0.25, -0.2) is 0 Å². The maximum absolute atomic E-state index is 16.1. The third-order valence-electron chi connectivity index (χ3n) is 14.2. The van der Waals surface area contributed by atoms with Crippen LogP contribution in [0.25, 0.3) is 0 Å². The van der Waals surface area contributed by atoms with E-state index in [1.165, 1.54) is 0 Å². The number of carbonyl (C=O) groups excluding carboxylic acids is 3. The Kier molecular flexibility index (Phi) is 10.7. The van der Waals surface area contributed by atoms with Crippen LogP contribution < -0.4 is 14.8 Å². The number of phenols is 1. The maximum Gasteiger partial charge on any atom is 0.324 e. The Balaban J connectivity index is 1.21. The predicted molar refractivity (Wildman–Crippen MR) is 239 cm³/mol. The van der Waals surface area contributed by atoms with Crippen LogP contribution in [0.1, 0.15) is 95.7 Å². The van der Waals surface area contributed by atoms with Crippen LogP contribution in [0.2, 0.25) is 0 Å². The Hall–Kier alpha value is -6.61. The van der Waals surface area contributed by atoms with Crippen LogP contribution in [0.3, 0.4) is 0 Å². The molecule has 326 valence electrons. The number of hydrogen-bond acceptors (Lipinski definition) is 9. The van der Waals surface area contributed by atoms with Crippen molar-refractivity contribution < 1.29 is 38.8 Å². The average molecular weight is 858 g/mol. The number of esters is 1. The predicted octanol–water partition coefficient (Wildman–Crippen LogP) is 7.70. The third-order valence-corrected chi connectivity index (χ3v) is 14.2. The molecule has 6 atom stereocenters. The lowest BCUT2D eigenvalue weighted by molar-refractivity contribution is -0.179. The average Bonchev–Trinajstić information content (AvgIpc) is 3.69. The summed E-state index contributed by atoms with van der Waals surface area (Å²) in [5.41, 5.74) is 2.87. The van der Waals surface area contributed by atoms with Gasteiger partial charge in [0.05, 0.1) is 32.2 Å². The van der Waals surface area contributed by atoms with Gasteiger partial charge in [-0.3, -0.25) is 19.3 Å². The van der Waals surface area contributed by atoms with E-state index >= 15 is 14.4 Å². The number of amides is 2. The molecule has 3 fully saturated rings. The first kappa shape index (κ1) is 41.4. The Bertz CT molecular complexity index is 2670. The Morgan fingerprint density at radius 3 is 2.11 bits per heavy atom. The number of cyclic esters (lactones) is 1. The van der Waals surface area contributed by atoms with Crippen molar-refractivity contribution in [2.75, 3.05) is 26.1 Å². The summed E-state index contributed by atoms with van der Waals surface area (Å²) in [5, 5.41) is 25.5. The van der Waals surface area contributed by atoms with Gasteiger partial charge < -0.3 is 34.6 Å². The number of ether oxygens (including phenoxy) is 3. The van der Waals surface area contributed by atoms with Crippen molar-refractivity contribution in [1.82, 2.24) is 9.80 Å². The van der Waals surface area contributed by atoms with Crippen LogP contribution in [0.15, 0.2) is 115 Å². The number of aliphatic hydroxyl groups is 1. The van der Waals surface area contributed by atoms with Crippen molar-refractivity contribution in [3.05, 3.63) is 154 Å². The number of nitrogens with zero attached hydrogens (tertiary/aromatic N) is 2. The molecule has 5 aromatic carbocycles. The minimum Gasteiger partial charge on any atom is -0.508 e. The normalized spacial score (nSPS) is 25.7. The third kappa shape index (κ3) is 6.87. The van der Waals surface area contributed by atoms with Gasteiger partial charge in [0, 0.05) is 24.3 Å². The number of morpholine rings is 1. The molecule has 11 heteroatoms. The smallest absolute Gasteiger partial charge is 0.324 e. The standard InChI is InChI=1S/C53H51N3O8/c1-62-42-30-37-24-28-55(32-38(37)31-43(42)63-2)49(58)44-46-50(59)64-47(35-15-9-6-10-16-35)45(34-13-7-5-8-14-34)56(46)48(36-18-20-39(57)21-19-36)53(44)40-29-33(17-22-41(40)54-51(53)60)23-27-52(61)25-11-3-4-12-26-52/h5-10,13-22,29-31,44-48,57,61H,3-4,11-12,24-26,28,32H2,1-2H3,(H,54,60). The highest BCUT2D eigenvalue weighted by Crippen LogP contribution is 2.65. The van der Waals surface area contributed by atoms with Gasteiger partial charge in [-0.2, -0.15) is 0 Å². The van der Waals surface area contributed by atoms with Crippen molar-refractivity contribution >= 4 is 23.5 Å². The molecule has 0 aromatic heterocycles. The first-order valence-corrected chi connectivity index (χ1v) is 22.2. The zero-order chi connectivity index (χ0) is 44.2. The van der Waals surface area contributed by atoms with Crippen molar-refractivity contribution in [2.24, 2.45) is 5.92 Å². The molecule has 0 bridgehead atoms. The fourth-order valence-corrected chi connectivity index (χ4v) is 11.2. The number of carbonyl (C=O) groups is 3. The number of benzene rings is 5. The van der Waals surface area contributed by atoms with Gasteiger partial charge in [-0.1, -0.05) is 97.5 Å². The molecule has 1 aliphatic carbocycles. The van der Waals surface area contributed by atoms with Crippen LogP contribution in [-0.2, 0) is 37.5 Å². The van der Waals surface area contributed by atoms with Gasteiger partial charge in [0.2, 0.25) is 11.8 Å². The number of hydrogen-bond donors (Lipinski definition) is 3. The van der Waals surface area contributed by atoms with Crippen LogP contribution >= 0.6 is 0 Å². The van der Waals surface area contributed by atoms with Crippen LogP contribution in [0.4, 0.5) is 5.69 Å². The second-order valence-corrected chi connectivity index (χ2v) is 17.8. The Labute approximate surface area is 373 Å². The molecule has 11 nitrogen and oxygen atoms in total. The molecule has 6 unspecified atom stereocenters. The quantitative estimate of drug-likeness (QED) is 0.0892. The lowest BCUT2D eigenvalue weighted by Crippen LogP contribution is -2.56. The molecular formula is C53H51N3O8. The lowest BCUT2D eigenvalue weighted by Gasteiger charge is -2.46. The second-order valence-electron chi connectivity index (χ2n) is 17.8. The first-order chi connectivity index (χ1) is 31.1. The largest absolute Gasteiger partial charge is 0.508 e. The molecule has 0 radical (unpaired) electrons. The summed E-state index contributed by atoms with van der Waals surface area (Å²) >= 11 is 0. The number of rotatable bonds is 6. The molecule has 64 heavy (non-hydrogen) atoms. The molecule has 2 saturated heterocycles. The van der Waals surface area contributed by atoms with Gasteiger partial charge in [0.1, 0.15) is 28.9 Å². The molecule has 4 heterocycles. The first-order valence-electron chi connectivity index (χ1n) is 22.2. The Morgan fingerprint density at radius 1 is 0.781 bits per heavy atom. The minimum atomic E-state index is -1.72. The molecule has 3 N–H and O–H groups in total. The second kappa shape index (κ2) is 16.5. The monoisotopic (exact) mass is 857 g/mol. The van der Waals surface area contributed by atoms with E-state index in [0.29, 0.717) is 59.7 Å². The fourth-order valence-electron chi connectivity index (χ4n) is 11.2. The SMILES string of the molecule is COc1cc2c(cc1OC)CN(C(=O)C1C3C(=O)OC(c4ccccc4)C(c4ccccc4)N3C(c3ccc(O)cc3)C13C(=O)Nc1ccc(C#CC4(O)CCCCCC4)cc13)CC2. The zero-order valence-electron chi connectivity index (χ0n) is 36.0. The number of phenolic OH excluding ortho intramolecular Hbond substituents is 1. The molecule has 1 spiro atoms. The van der Waals surface area contributed by atoms with Gasteiger partial charge in [0.25, 0.3) is 0 Å². The number of methoxy groups -OCH3 is 2. The lowest BCUT2D eigenvalue weighted by atomic mass is 9.65. The van der Waals surface area contributed by atoms with E-state index in [1.807, 2.05) is 91.0 Å².